The van der Waals surface area contributed by atoms with E-state index in [1.807, 2.05) is 30.3 Å². The molecule has 0 bridgehead atoms. The molecule has 5 nitrogen and oxygen atoms in total. The standard InChI is InChI=1S/C22H23FN4O/c1-2-13-24-20-15-19(26-21(27-20)17-9-4-3-5-10-17)22(28)25-14-12-16-8-6-7-11-18(16)23/h3-11,15H,2,12-14H2,1H3,(H,25,28)(H,24,26,27). The van der Waals surface area contributed by atoms with Crippen LogP contribution in [0.3, 0.4) is 0 Å². The van der Waals surface area contributed by atoms with Gasteiger partial charge in [0.2, 0.25) is 0 Å². The fraction of sp³-hybridized carbons (Fsp3) is 0.227. The van der Waals surface area contributed by atoms with Crippen LogP contribution in [0.4, 0.5) is 10.2 Å². The predicted molar refractivity (Wildman–Crippen MR) is 109 cm³/mol. The van der Waals surface area contributed by atoms with Crippen LogP contribution in [0.2, 0.25) is 0 Å². The minimum Gasteiger partial charge on any atom is -0.370 e. The van der Waals surface area contributed by atoms with Crippen LogP contribution >= 0.6 is 0 Å². The maximum Gasteiger partial charge on any atom is 0.270 e. The molecular weight excluding hydrogens is 355 g/mol. The summed E-state index contributed by atoms with van der Waals surface area (Å²) in [5, 5.41) is 6.02. The second-order valence-corrected chi connectivity index (χ2v) is 6.35. The van der Waals surface area contributed by atoms with Gasteiger partial charge in [0.25, 0.3) is 5.91 Å². The summed E-state index contributed by atoms with van der Waals surface area (Å²) in [7, 11) is 0. The third kappa shape index (κ3) is 5.13. The fourth-order valence-corrected chi connectivity index (χ4v) is 2.73. The maximum absolute atomic E-state index is 13.7. The number of halogens is 1. The number of nitrogens with one attached hydrogen (secondary N) is 2. The Kier molecular flexibility index (Phi) is 6.68. The first kappa shape index (κ1) is 19.5. The van der Waals surface area contributed by atoms with E-state index in [9.17, 15) is 9.18 Å². The maximum atomic E-state index is 13.7. The Hall–Kier alpha value is -3.28. The Labute approximate surface area is 164 Å². The summed E-state index contributed by atoms with van der Waals surface area (Å²) >= 11 is 0. The Balaban J connectivity index is 1.75. The number of amides is 1. The first-order valence-corrected chi connectivity index (χ1v) is 9.37. The number of carbonyl (C=O) groups excluding carboxylic acids is 1. The van der Waals surface area contributed by atoms with Gasteiger partial charge in [0.1, 0.15) is 17.3 Å². The zero-order chi connectivity index (χ0) is 19.8. The molecule has 2 N–H and O–H groups in total. The third-order valence-electron chi connectivity index (χ3n) is 4.18. The van der Waals surface area contributed by atoms with E-state index in [2.05, 4.69) is 27.5 Å². The number of hydrogen-bond donors (Lipinski definition) is 2. The number of carbonyl (C=O) groups is 1. The second kappa shape index (κ2) is 9.60. The lowest BCUT2D eigenvalue weighted by molar-refractivity contribution is 0.0949. The van der Waals surface area contributed by atoms with E-state index < -0.39 is 0 Å². The molecule has 6 heteroatoms. The van der Waals surface area contributed by atoms with Crippen molar-refractivity contribution < 1.29 is 9.18 Å². The molecule has 1 amide bonds. The van der Waals surface area contributed by atoms with Crippen molar-refractivity contribution in [2.45, 2.75) is 19.8 Å². The monoisotopic (exact) mass is 378 g/mol. The Bertz CT molecular complexity index is 931. The Morgan fingerprint density at radius 3 is 2.50 bits per heavy atom. The van der Waals surface area contributed by atoms with Crippen molar-refractivity contribution in [2.24, 2.45) is 0 Å². The molecular formula is C22H23FN4O. The molecule has 0 saturated carbocycles. The smallest absolute Gasteiger partial charge is 0.270 e. The summed E-state index contributed by atoms with van der Waals surface area (Å²) in [6.45, 7) is 3.13. The second-order valence-electron chi connectivity index (χ2n) is 6.35. The van der Waals surface area contributed by atoms with Crippen LogP contribution in [0.25, 0.3) is 11.4 Å². The number of rotatable bonds is 8. The summed E-state index contributed by atoms with van der Waals surface area (Å²) in [5.74, 6) is 0.516. The molecule has 144 valence electrons. The van der Waals surface area contributed by atoms with Crippen LogP contribution < -0.4 is 10.6 Å². The average Bonchev–Trinajstić information content (AvgIpc) is 2.74. The average molecular weight is 378 g/mol. The fourth-order valence-electron chi connectivity index (χ4n) is 2.73. The highest BCUT2D eigenvalue weighted by Crippen LogP contribution is 2.18. The van der Waals surface area contributed by atoms with Crippen LogP contribution in [-0.4, -0.2) is 29.0 Å². The van der Waals surface area contributed by atoms with Crippen molar-refractivity contribution in [3.05, 3.63) is 77.7 Å². The first-order valence-electron chi connectivity index (χ1n) is 9.37. The zero-order valence-corrected chi connectivity index (χ0v) is 15.8. The van der Waals surface area contributed by atoms with Gasteiger partial charge < -0.3 is 10.6 Å². The summed E-state index contributed by atoms with van der Waals surface area (Å²) < 4.78 is 13.7. The molecule has 0 unspecified atom stereocenters. The molecule has 3 aromatic rings. The van der Waals surface area contributed by atoms with E-state index >= 15 is 0 Å². The van der Waals surface area contributed by atoms with Gasteiger partial charge in [-0.05, 0) is 24.5 Å². The first-order chi connectivity index (χ1) is 13.7. The molecule has 0 aliphatic carbocycles. The molecule has 0 saturated heterocycles. The predicted octanol–water partition coefficient (Wildman–Crippen LogP) is 4.08. The van der Waals surface area contributed by atoms with Gasteiger partial charge >= 0.3 is 0 Å². The molecule has 2 aromatic carbocycles. The van der Waals surface area contributed by atoms with Crippen molar-refractivity contribution in [1.29, 1.82) is 0 Å². The van der Waals surface area contributed by atoms with Gasteiger partial charge in [0.05, 0.1) is 0 Å². The van der Waals surface area contributed by atoms with Gasteiger partial charge in [-0.15, -0.1) is 0 Å². The van der Waals surface area contributed by atoms with E-state index in [4.69, 9.17) is 0 Å². The highest BCUT2D eigenvalue weighted by molar-refractivity contribution is 5.93. The lowest BCUT2D eigenvalue weighted by Gasteiger charge is -2.10. The van der Waals surface area contributed by atoms with Crippen LogP contribution in [-0.2, 0) is 6.42 Å². The number of nitrogens with zero attached hydrogens (tertiary/aromatic N) is 2. The number of benzene rings is 2. The number of aromatic nitrogens is 2. The summed E-state index contributed by atoms with van der Waals surface area (Å²) in [5.41, 5.74) is 1.69. The van der Waals surface area contributed by atoms with E-state index in [1.54, 1.807) is 24.3 Å². The summed E-state index contributed by atoms with van der Waals surface area (Å²) in [4.78, 5) is 21.5. The quantitative estimate of drug-likeness (QED) is 0.620. The Morgan fingerprint density at radius 1 is 1.00 bits per heavy atom. The largest absolute Gasteiger partial charge is 0.370 e. The van der Waals surface area contributed by atoms with Crippen LogP contribution in [0, 0.1) is 5.82 Å². The van der Waals surface area contributed by atoms with E-state index in [-0.39, 0.29) is 17.4 Å². The SMILES string of the molecule is CCCNc1cc(C(=O)NCCc2ccccc2F)nc(-c2ccccc2)n1. The minimum atomic E-state index is -0.310. The highest BCUT2D eigenvalue weighted by atomic mass is 19.1. The summed E-state index contributed by atoms with van der Waals surface area (Å²) in [6.07, 6.45) is 1.35. The van der Waals surface area contributed by atoms with Crippen molar-refractivity contribution >= 4 is 11.7 Å². The van der Waals surface area contributed by atoms with E-state index in [1.165, 1.54) is 6.07 Å². The normalized spacial score (nSPS) is 10.5. The Morgan fingerprint density at radius 2 is 1.75 bits per heavy atom. The molecule has 0 fully saturated rings. The van der Waals surface area contributed by atoms with Crippen molar-refractivity contribution in [3.63, 3.8) is 0 Å². The molecule has 0 radical (unpaired) electrons. The molecule has 28 heavy (non-hydrogen) atoms. The van der Waals surface area contributed by atoms with Crippen LogP contribution in [0.5, 0.6) is 0 Å². The molecule has 1 heterocycles. The highest BCUT2D eigenvalue weighted by Gasteiger charge is 2.13. The van der Waals surface area contributed by atoms with Crippen molar-refractivity contribution in [3.8, 4) is 11.4 Å². The molecule has 0 aliphatic heterocycles. The molecule has 1 aromatic heterocycles. The van der Waals surface area contributed by atoms with Crippen molar-refractivity contribution in [2.75, 3.05) is 18.4 Å². The molecule has 0 atom stereocenters. The third-order valence-corrected chi connectivity index (χ3v) is 4.18. The molecule has 0 aliphatic rings. The zero-order valence-electron chi connectivity index (χ0n) is 15.8. The van der Waals surface area contributed by atoms with Gasteiger partial charge in [-0.1, -0.05) is 55.5 Å². The van der Waals surface area contributed by atoms with Gasteiger partial charge in [-0.2, -0.15) is 0 Å². The van der Waals surface area contributed by atoms with E-state index in [0.29, 0.717) is 30.2 Å². The number of hydrogen-bond acceptors (Lipinski definition) is 4. The molecule has 0 spiro atoms. The van der Waals surface area contributed by atoms with Gasteiger partial charge in [0, 0.05) is 24.7 Å². The lowest BCUT2D eigenvalue weighted by Crippen LogP contribution is -2.27. The van der Waals surface area contributed by atoms with E-state index in [0.717, 1.165) is 18.5 Å². The van der Waals surface area contributed by atoms with Crippen LogP contribution in [0.15, 0.2) is 60.7 Å². The number of anilines is 1. The minimum absolute atomic E-state index is 0.267. The van der Waals surface area contributed by atoms with Crippen LogP contribution in [0.1, 0.15) is 29.4 Å². The van der Waals surface area contributed by atoms with Gasteiger partial charge in [-0.25, -0.2) is 14.4 Å². The lowest BCUT2D eigenvalue weighted by atomic mass is 10.1. The van der Waals surface area contributed by atoms with Crippen molar-refractivity contribution in [1.82, 2.24) is 15.3 Å². The van der Waals surface area contributed by atoms with Gasteiger partial charge in [0.15, 0.2) is 5.82 Å². The topological polar surface area (TPSA) is 66.9 Å². The summed E-state index contributed by atoms with van der Waals surface area (Å²) in [6, 6.07) is 17.7. The van der Waals surface area contributed by atoms with Gasteiger partial charge in [-0.3, -0.25) is 4.79 Å². The molecule has 3 rings (SSSR count).